The zero-order chi connectivity index (χ0) is 12.9. The molecule has 0 fully saturated rings. The van der Waals surface area contributed by atoms with Crippen LogP contribution in [0.25, 0.3) is 0 Å². The third kappa shape index (κ3) is 5.73. The number of amides is 2. The SMILES string of the molecule is CC(=O)C(NC(=O)NCC(C)C)C(C)(C)C. The fourth-order valence-electron chi connectivity index (χ4n) is 1.41. The van der Waals surface area contributed by atoms with Crippen molar-refractivity contribution in [3.05, 3.63) is 0 Å². The van der Waals surface area contributed by atoms with Crippen LogP contribution in [0, 0.1) is 11.3 Å². The molecular formula is C12H24N2O2. The highest BCUT2D eigenvalue weighted by Gasteiger charge is 2.29. The molecule has 0 saturated heterocycles. The Labute approximate surface area is 98.2 Å². The molecule has 0 aliphatic carbocycles. The molecule has 0 spiro atoms. The highest BCUT2D eigenvalue weighted by atomic mass is 16.2. The molecule has 1 atom stereocenters. The summed E-state index contributed by atoms with van der Waals surface area (Å²) in [5.74, 6) is 0.378. The zero-order valence-electron chi connectivity index (χ0n) is 11.2. The molecule has 94 valence electrons. The maximum Gasteiger partial charge on any atom is 0.315 e. The van der Waals surface area contributed by atoms with Crippen molar-refractivity contribution in [3.63, 3.8) is 0 Å². The maximum absolute atomic E-state index is 11.5. The van der Waals surface area contributed by atoms with Gasteiger partial charge in [-0.3, -0.25) is 4.79 Å². The number of carbonyl (C=O) groups excluding carboxylic acids is 2. The largest absolute Gasteiger partial charge is 0.338 e. The normalized spacial score (nSPS) is 13.4. The van der Waals surface area contributed by atoms with Gasteiger partial charge in [-0.25, -0.2) is 4.79 Å². The van der Waals surface area contributed by atoms with Crippen LogP contribution in [0.5, 0.6) is 0 Å². The van der Waals surface area contributed by atoms with Crippen LogP contribution in [0.1, 0.15) is 41.5 Å². The molecule has 4 heteroatoms. The van der Waals surface area contributed by atoms with Crippen molar-refractivity contribution in [2.75, 3.05) is 6.54 Å². The number of nitrogens with one attached hydrogen (secondary N) is 2. The number of hydrogen-bond donors (Lipinski definition) is 2. The van der Waals surface area contributed by atoms with Crippen LogP contribution in [0.2, 0.25) is 0 Å². The molecule has 0 aromatic rings. The van der Waals surface area contributed by atoms with Gasteiger partial charge in [0.15, 0.2) is 5.78 Å². The smallest absolute Gasteiger partial charge is 0.315 e. The summed E-state index contributed by atoms with van der Waals surface area (Å²) in [6.45, 7) is 11.9. The van der Waals surface area contributed by atoms with Gasteiger partial charge in [0.2, 0.25) is 0 Å². The van der Waals surface area contributed by atoms with Gasteiger partial charge in [0.25, 0.3) is 0 Å². The van der Waals surface area contributed by atoms with E-state index in [2.05, 4.69) is 10.6 Å². The van der Waals surface area contributed by atoms with Gasteiger partial charge in [-0.05, 0) is 18.3 Å². The van der Waals surface area contributed by atoms with Gasteiger partial charge in [0, 0.05) is 6.54 Å². The number of urea groups is 1. The molecular weight excluding hydrogens is 204 g/mol. The van der Waals surface area contributed by atoms with Crippen LogP contribution in [-0.2, 0) is 4.79 Å². The minimum absolute atomic E-state index is 0.0211. The van der Waals surface area contributed by atoms with Gasteiger partial charge in [0.05, 0.1) is 6.04 Å². The van der Waals surface area contributed by atoms with Crippen molar-refractivity contribution >= 4 is 11.8 Å². The highest BCUT2D eigenvalue weighted by Crippen LogP contribution is 2.19. The lowest BCUT2D eigenvalue weighted by Crippen LogP contribution is -2.52. The molecule has 0 rings (SSSR count). The number of rotatable bonds is 4. The second-order valence-corrected chi connectivity index (χ2v) is 5.66. The topological polar surface area (TPSA) is 58.2 Å². The van der Waals surface area contributed by atoms with Crippen molar-refractivity contribution in [2.24, 2.45) is 11.3 Å². The van der Waals surface area contributed by atoms with E-state index in [1.54, 1.807) is 0 Å². The van der Waals surface area contributed by atoms with Gasteiger partial charge in [-0.2, -0.15) is 0 Å². The van der Waals surface area contributed by atoms with E-state index in [0.717, 1.165) is 0 Å². The average Bonchev–Trinajstić information content (AvgIpc) is 2.08. The molecule has 2 amide bonds. The molecule has 0 aliphatic heterocycles. The zero-order valence-corrected chi connectivity index (χ0v) is 11.2. The molecule has 0 saturated carbocycles. The van der Waals surface area contributed by atoms with Crippen molar-refractivity contribution < 1.29 is 9.59 Å². The molecule has 0 bridgehead atoms. The van der Waals surface area contributed by atoms with Crippen LogP contribution < -0.4 is 10.6 Å². The van der Waals surface area contributed by atoms with E-state index in [1.165, 1.54) is 6.92 Å². The predicted octanol–water partition coefficient (Wildman–Crippen LogP) is 1.95. The van der Waals surface area contributed by atoms with E-state index in [9.17, 15) is 9.59 Å². The Bertz CT molecular complexity index is 254. The molecule has 4 nitrogen and oxygen atoms in total. The van der Waals surface area contributed by atoms with Crippen LogP contribution in [0.4, 0.5) is 4.79 Å². The van der Waals surface area contributed by atoms with Crippen molar-refractivity contribution in [1.29, 1.82) is 0 Å². The van der Waals surface area contributed by atoms with Gasteiger partial charge in [0.1, 0.15) is 0 Å². The summed E-state index contributed by atoms with van der Waals surface area (Å²) in [4.78, 5) is 23.0. The van der Waals surface area contributed by atoms with Crippen LogP contribution >= 0.6 is 0 Å². The standard InChI is InChI=1S/C12H24N2O2/c1-8(2)7-13-11(16)14-10(9(3)15)12(4,5)6/h8,10H,7H2,1-6H3,(H2,13,14,16). The predicted molar refractivity (Wildman–Crippen MR) is 65.3 cm³/mol. The van der Waals surface area contributed by atoms with E-state index in [4.69, 9.17) is 0 Å². The number of ketones is 1. The average molecular weight is 228 g/mol. The van der Waals surface area contributed by atoms with Crippen molar-refractivity contribution in [3.8, 4) is 0 Å². The third-order valence-corrected chi connectivity index (χ3v) is 2.22. The first-order chi connectivity index (χ1) is 7.14. The Morgan fingerprint density at radius 2 is 1.69 bits per heavy atom. The molecule has 0 aromatic carbocycles. The summed E-state index contributed by atoms with van der Waals surface area (Å²) in [6.07, 6.45) is 0. The quantitative estimate of drug-likeness (QED) is 0.772. The first kappa shape index (κ1) is 14.9. The van der Waals surface area contributed by atoms with Gasteiger partial charge in [-0.15, -0.1) is 0 Å². The minimum atomic E-state index is -0.445. The van der Waals surface area contributed by atoms with E-state index < -0.39 is 6.04 Å². The second kappa shape index (κ2) is 5.87. The lowest BCUT2D eigenvalue weighted by atomic mass is 9.84. The summed E-state index contributed by atoms with van der Waals surface area (Å²) >= 11 is 0. The number of Topliss-reactive ketones (excluding diaryl/α,β-unsaturated/α-hetero) is 1. The summed E-state index contributed by atoms with van der Waals surface area (Å²) in [5, 5.41) is 5.45. The molecule has 0 heterocycles. The summed E-state index contributed by atoms with van der Waals surface area (Å²) in [7, 11) is 0. The molecule has 0 aromatic heterocycles. The molecule has 16 heavy (non-hydrogen) atoms. The molecule has 0 radical (unpaired) electrons. The monoisotopic (exact) mass is 228 g/mol. The van der Waals surface area contributed by atoms with E-state index in [1.807, 2.05) is 34.6 Å². The fraction of sp³-hybridized carbons (Fsp3) is 0.833. The van der Waals surface area contributed by atoms with Gasteiger partial charge >= 0.3 is 6.03 Å². The van der Waals surface area contributed by atoms with Gasteiger partial charge < -0.3 is 10.6 Å². The molecule has 2 N–H and O–H groups in total. The minimum Gasteiger partial charge on any atom is -0.338 e. The van der Waals surface area contributed by atoms with Crippen molar-refractivity contribution in [1.82, 2.24) is 10.6 Å². The summed E-state index contributed by atoms with van der Waals surface area (Å²) in [5.41, 5.74) is -0.263. The van der Waals surface area contributed by atoms with Crippen LogP contribution in [0.3, 0.4) is 0 Å². The van der Waals surface area contributed by atoms with Crippen LogP contribution in [-0.4, -0.2) is 24.4 Å². The lowest BCUT2D eigenvalue weighted by Gasteiger charge is -2.29. The fourth-order valence-corrected chi connectivity index (χ4v) is 1.41. The Balaban J connectivity index is 4.32. The second-order valence-electron chi connectivity index (χ2n) is 5.66. The summed E-state index contributed by atoms with van der Waals surface area (Å²) < 4.78 is 0. The first-order valence-electron chi connectivity index (χ1n) is 5.69. The molecule has 1 unspecified atom stereocenters. The number of carbonyl (C=O) groups is 2. The molecule has 0 aliphatic rings. The Hall–Kier alpha value is -1.06. The Morgan fingerprint density at radius 3 is 2.00 bits per heavy atom. The van der Waals surface area contributed by atoms with Crippen LogP contribution in [0.15, 0.2) is 0 Å². The van der Waals surface area contributed by atoms with E-state index in [-0.39, 0.29) is 17.2 Å². The Kier molecular flexibility index (Phi) is 5.48. The van der Waals surface area contributed by atoms with Gasteiger partial charge in [-0.1, -0.05) is 34.6 Å². The third-order valence-electron chi connectivity index (χ3n) is 2.22. The van der Waals surface area contributed by atoms with Crippen molar-refractivity contribution in [2.45, 2.75) is 47.6 Å². The Morgan fingerprint density at radius 1 is 1.19 bits per heavy atom. The number of hydrogen-bond acceptors (Lipinski definition) is 2. The first-order valence-corrected chi connectivity index (χ1v) is 5.69. The highest BCUT2D eigenvalue weighted by molar-refractivity contribution is 5.87. The van der Waals surface area contributed by atoms with E-state index >= 15 is 0 Å². The van der Waals surface area contributed by atoms with E-state index in [0.29, 0.717) is 12.5 Å². The maximum atomic E-state index is 11.5. The summed E-state index contributed by atoms with van der Waals surface area (Å²) in [6, 6.07) is -0.719. The lowest BCUT2D eigenvalue weighted by molar-refractivity contribution is -0.121.